The van der Waals surface area contributed by atoms with Gasteiger partial charge in [-0.3, -0.25) is 0 Å². The number of hydrogen-bond acceptors (Lipinski definition) is 1. The third kappa shape index (κ3) is 10.3. The van der Waals surface area contributed by atoms with E-state index in [0.29, 0.717) is 0 Å². The quantitative estimate of drug-likeness (QED) is 0.121. The first-order valence-corrected chi connectivity index (χ1v) is 17.7. The van der Waals surface area contributed by atoms with E-state index in [1.807, 2.05) is 36.4 Å². The van der Waals surface area contributed by atoms with Crippen molar-refractivity contribution >= 4 is 20.3 Å². The number of fused-ring (bicyclic) bond motifs is 1. The van der Waals surface area contributed by atoms with Crippen LogP contribution < -0.4 is 29.6 Å². The first kappa shape index (κ1) is 43.0. The van der Waals surface area contributed by atoms with Gasteiger partial charge in [0.1, 0.15) is 5.75 Å². The molecule has 48 heavy (non-hydrogen) atoms. The first-order valence-electron chi connectivity index (χ1n) is 15.7. The molecule has 0 N–H and O–H groups in total. The van der Waals surface area contributed by atoms with Crippen molar-refractivity contribution in [3.63, 3.8) is 0 Å². The van der Waals surface area contributed by atoms with Crippen LogP contribution in [0, 0.1) is 54.5 Å². The number of para-hydroxylation sites is 1. The Bertz CT molecular complexity index is 1790. The molecule has 0 saturated heterocycles. The molecule has 246 valence electrons. The molecule has 0 aliphatic heterocycles. The number of benzene rings is 5. The summed E-state index contributed by atoms with van der Waals surface area (Å²) in [7, 11) is 1.08. The van der Waals surface area contributed by atoms with E-state index in [1.54, 1.807) is 0 Å². The van der Waals surface area contributed by atoms with Crippen LogP contribution >= 0.6 is 0 Å². The summed E-state index contributed by atoms with van der Waals surface area (Å²) >= 11 is 0. The van der Waals surface area contributed by atoms with E-state index in [2.05, 4.69) is 140 Å². The number of ether oxygens (including phenoxy) is 1. The average molecular weight is 726 g/mol. The third-order valence-electron chi connectivity index (χ3n) is 8.68. The van der Waals surface area contributed by atoms with Crippen LogP contribution in [-0.4, -0.2) is 9.52 Å². The number of aryl methyl sites for hydroxylation is 5. The van der Waals surface area contributed by atoms with Gasteiger partial charge in [-0.1, -0.05) is 136 Å². The van der Waals surface area contributed by atoms with E-state index < -0.39 is 0 Å². The van der Waals surface area contributed by atoms with Gasteiger partial charge in [0.05, 0.1) is 0 Å². The normalized spacial score (nSPS) is 9.96. The Balaban J connectivity index is 0.000000470. The fraction of sp³-hybridized carbons (Fsp3) is 0.233. The van der Waals surface area contributed by atoms with Crippen LogP contribution in [0.15, 0.2) is 109 Å². The second-order valence-electron chi connectivity index (χ2n) is 11.9. The van der Waals surface area contributed by atoms with Crippen LogP contribution in [0.1, 0.15) is 61.6 Å². The van der Waals surface area contributed by atoms with Crippen LogP contribution in [0.4, 0.5) is 0 Å². The summed E-state index contributed by atoms with van der Waals surface area (Å²) < 4.78 is 6.23. The van der Waals surface area contributed by atoms with E-state index >= 15 is 0 Å². The molecule has 0 fully saturated rings. The standard InChI is InChI=1S/C26H21O.C15H19.C2H6Si.2ClH.Ti/c1-20-17-18-25(27-23-15-9-4-10-16-23)24(19-20)26(21-11-5-2-6-12-21)22-13-7-3-8-14-22;1-8-7-14-12(5)10(3)11(4)13(6)15(14)9(8)2;1-3-2;;;/h2-17,19,26H,1H3;7H,1-6H3;1-2H3;2*1H;/q2*-1;;;;+4/p-2. The van der Waals surface area contributed by atoms with Crippen molar-refractivity contribution in [2.75, 3.05) is 0 Å². The van der Waals surface area contributed by atoms with Crippen molar-refractivity contribution in [2.45, 2.75) is 67.5 Å². The maximum atomic E-state index is 6.23. The molecule has 6 rings (SSSR count). The van der Waals surface area contributed by atoms with Crippen molar-refractivity contribution in [3.05, 3.63) is 171 Å². The Morgan fingerprint density at radius 1 is 0.625 bits per heavy atom. The molecule has 0 amide bonds. The third-order valence-corrected chi connectivity index (χ3v) is 8.68. The maximum absolute atomic E-state index is 6.23. The molecule has 5 heteroatoms. The Morgan fingerprint density at radius 2 is 1.08 bits per heavy atom. The number of rotatable bonds is 5. The van der Waals surface area contributed by atoms with Gasteiger partial charge in [0.25, 0.3) is 0 Å². The van der Waals surface area contributed by atoms with Crippen molar-refractivity contribution < 1.29 is 51.3 Å². The van der Waals surface area contributed by atoms with E-state index in [1.165, 1.54) is 60.8 Å². The predicted molar refractivity (Wildman–Crippen MR) is 196 cm³/mol. The van der Waals surface area contributed by atoms with Gasteiger partial charge in [0, 0.05) is 15.3 Å². The van der Waals surface area contributed by atoms with E-state index in [9.17, 15) is 0 Å². The number of hydrogen-bond donors (Lipinski definition) is 0. The molecule has 0 aliphatic carbocycles. The van der Waals surface area contributed by atoms with Crippen LogP contribution in [0.5, 0.6) is 11.5 Å². The maximum Gasteiger partial charge on any atom is 4.00 e. The monoisotopic (exact) mass is 724 g/mol. The SMILES string of the molecule is C[Si]C.Cc1[cH-]c2c(C)c(C)c(C)c(C)c2c1C.Cc1c[c-]c(Oc2ccccc2)c(C(c2ccccc2)c2ccccc2)c1.[Cl-].[Cl-].[Ti+4]. The van der Waals surface area contributed by atoms with E-state index in [-0.39, 0.29) is 52.4 Å². The van der Waals surface area contributed by atoms with Crippen LogP contribution in [-0.2, 0) is 21.7 Å². The molecule has 2 radical (unpaired) electrons. The van der Waals surface area contributed by atoms with Gasteiger partial charge in [0.15, 0.2) is 0 Å². The van der Waals surface area contributed by atoms with Gasteiger partial charge in [0.2, 0.25) is 0 Å². The molecular formula is C43H46Cl2OSiTi. The predicted octanol–water partition coefficient (Wildman–Crippen LogP) is 5.97. The molecule has 0 bridgehead atoms. The van der Waals surface area contributed by atoms with Gasteiger partial charge in [-0.2, -0.15) is 23.3 Å². The number of halogens is 2. The van der Waals surface area contributed by atoms with Crippen LogP contribution in [0.3, 0.4) is 0 Å². The Hall–Kier alpha value is -2.98. The van der Waals surface area contributed by atoms with Gasteiger partial charge >= 0.3 is 21.7 Å². The Morgan fingerprint density at radius 3 is 1.58 bits per heavy atom. The zero-order chi connectivity index (χ0) is 32.5. The fourth-order valence-corrected chi connectivity index (χ4v) is 5.89. The van der Waals surface area contributed by atoms with Crippen molar-refractivity contribution in [1.29, 1.82) is 0 Å². The molecule has 0 aliphatic rings. The van der Waals surface area contributed by atoms with Crippen molar-refractivity contribution in [2.24, 2.45) is 0 Å². The molecule has 0 heterocycles. The minimum Gasteiger partial charge on any atom is -1.00 e. The molecular weight excluding hydrogens is 679 g/mol. The molecule has 0 saturated carbocycles. The Kier molecular flexibility index (Phi) is 18.4. The largest absolute Gasteiger partial charge is 4.00 e. The van der Waals surface area contributed by atoms with Gasteiger partial charge in [-0.15, -0.1) is 39.6 Å². The molecule has 0 spiro atoms. The minimum atomic E-state index is 0. The molecule has 6 aromatic carbocycles. The minimum absolute atomic E-state index is 0. The van der Waals surface area contributed by atoms with E-state index in [0.717, 1.165) is 26.6 Å². The van der Waals surface area contributed by atoms with Crippen LogP contribution in [0.2, 0.25) is 13.1 Å². The zero-order valence-electron chi connectivity index (χ0n) is 29.6. The average Bonchev–Trinajstić information content (AvgIpc) is 3.36. The molecule has 0 aromatic heterocycles. The Labute approximate surface area is 319 Å². The summed E-state index contributed by atoms with van der Waals surface area (Å²) in [6.45, 7) is 19.8. The van der Waals surface area contributed by atoms with Crippen molar-refractivity contribution in [3.8, 4) is 11.5 Å². The molecule has 0 atom stereocenters. The topological polar surface area (TPSA) is 9.23 Å². The summed E-state index contributed by atoms with van der Waals surface area (Å²) in [5.74, 6) is 1.67. The zero-order valence-corrected chi connectivity index (χ0v) is 33.7. The molecule has 1 nitrogen and oxygen atoms in total. The summed E-state index contributed by atoms with van der Waals surface area (Å²) in [5.41, 5.74) is 13.4. The van der Waals surface area contributed by atoms with E-state index in [4.69, 9.17) is 4.74 Å². The molecule has 0 unspecified atom stereocenters. The fourth-order valence-electron chi connectivity index (χ4n) is 5.89. The van der Waals surface area contributed by atoms with Gasteiger partial charge in [-0.05, 0) is 49.9 Å². The summed E-state index contributed by atoms with van der Waals surface area (Å²) in [6.07, 6.45) is 0. The summed E-state index contributed by atoms with van der Waals surface area (Å²) in [5, 5.41) is 2.93. The van der Waals surface area contributed by atoms with Crippen LogP contribution in [0.25, 0.3) is 10.8 Å². The van der Waals surface area contributed by atoms with Gasteiger partial charge < -0.3 is 29.6 Å². The first-order chi connectivity index (χ1) is 21.7. The molecule has 6 aromatic rings. The summed E-state index contributed by atoms with van der Waals surface area (Å²) in [4.78, 5) is 0. The smallest absolute Gasteiger partial charge is 1.00 e. The second kappa shape index (κ2) is 20.5. The van der Waals surface area contributed by atoms with Gasteiger partial charge in [-0.25, -0.2) is 0 Å². The van der Waals surface area contributed by atoms with Crippen molar-refractivity contribution in [1.82, 2.24) is 0 Å². The second-order valence-corrected chi connectivity index (χ2v) is 12.9. The summed E-state index contributed by atoms with van der Waals surface area (Å²) in [6, 6.07) is 40.9.